The SMILES string of the molecule is CCCCCCCN[C@H](C(=O)O)[C@@H](C)OP(=O)(O)O. The first-order valence-corrected chi connectivity index (χ1v) is 8.01. The molecule has 0 aliphatic rings. The highest BCUT2D eigenvalue weighted by molar-refractivity contribution is 7.46. The average Bonchev–Trinajstić information content (AvgIpc) is 2.24. The molecule has 0 aliphatic carbocycles. The van der Waals surface area contributed by atoms with E-state index in [2.05, 4.69) is 16.8 Å². The second kappa shape index (κ2) is 9.44. The molecule has 19 heavy (non-hydrogen) atoms. The Morgan fingerprint density at radius 3 is 2.32 bits per heavy atom. The van der Waals surface area contributed by atoms with Gasteiger partial charge in [-0.2, -0.15) is 0 Å². The summed E-state index contributed by atoms with van der Waals surface area (Å²) in [5, 5.41) is 11.7. The average molecular weight is 297 g/mol. The van der Waals surface area contributed by atoms with Gasteiger partial charge in [-0.15, -0.1) is 0 Å². The van der Waals surface area contributed by atoms with Gasteiger partial charge < -0.3 is 20.2 Å². The molecule has 0 fully saturated rings. The van der Waals surface area contributed by atoms with E-state index in [0.717, 1.165) is 32.1 Å². The minimum Gasteiger partial charge on any atom is -0.480 e. The second-order valence-electron chi connectivity index (χ2n) is 4.49. The van der Waals surface area contributed by atoms with Crippen LogP contribution in [0.15, 0.2) is 0 Å². The van der Waals surface area contributed by atoms with Gasteiger partial charge in [-0.3, -0.25) is 9.32 Å². The summed E-state index contributed by atoms with van der Waals surface area (Å²) in [6.45, 7) is 3.91. The van der Waals surface area contributed by atoms with Crippen molar-refractivity contribution in [3.63, 3.8) is 0 Å². The largest absolute Gasteiger partial charge is 0.480 e. The molecular weight excluding hydrogens is 273 g/mol. The molecule has 0 aromatic heterocycles. The Balaban J connectivity index is 4.06. The summed E-state index contributed by atoms with van der Waals surface area (Å²) in [5.41, 5.74) is 0. The van der Waals surface area contributed by atoms with Gasteiger partial charge in [0.05, 0.1) is 6.10 Å². The number of carboxylic acids is 1. The highest BCUT2D eigenvalue weighted by atomic mass is 31.2. The zero-order chi connectivity index (χ0) is 14.9. The van der Waals surface area contributed by atoms with E-state index in [1.54, 1.807) is 0 Å². The predicted molar refractivity (Wildman–Crippen MR) is 70.8 cm³/mol. The monoisotopic (exact) mass is 297 g/mol. The molecule has 0 aliphatic heterocycles. The van der Waals surface area contributed by atoms with Crippen LogP contribution in [0.3, 0.4) is 0 Å². The fourth-order valence-electron chi connectivity index (χ4n) is 1.72. The van der Waals surface area contributed by atoms with E-state index < -0.39 is 25.9 Å². The maximum Gasteiger partial charge on any atom is 0.469 e. The van der Waals surface area contributed by atoms with Crippen LogP contribution in [-0.2, 0) is 13.9 Å². The van der Waals surface area contributed by atoms with E-state index in [4.69, 9.17) is 14.9 Å². The zero-order valence-corrected chi connectivity index (χ0v) is 12.3. The molecule has 0 radical (unpaired) electrons. The molecule has 0 aromatic carbocycles. The Morgan fingerprint density at radius 2 is 1.84 bits per heavy atom. The van der Waals surface area contributed by atoms with Crippen molar-refractivity contribution >= 4 is 13.8 Å². The lowest BCUT2D eigenvalue weighted by atomic mass is 10.1. The summed E-state index contributed by atoms with van der Waals surface area (Å²) in [4.78, 5) is 28.3. The molecule has 0 saturated carbocycles. The van der Waals surface area contributed by atoms with Gasteiger partial charge in [0.2, 0.25) is 0 Å². The third kappa shape index (κ3) is 10.0. The van der Waals surface area contributed by atoms with Crippen LogP contribution in [0, 0.1) is 0 Å². The number of phosphoric ester groups is 1. The maximum absolute atomic E-state index is 11.0. The first-order chi connectivity index (χ1) is 8.78. The number of rotatable bonds is 11. The van der Waals surface area contributed by atoms with Gasteiger partial charge >= 0.3 is 13.8 Å². The second-order valence-corrected chi connectivity index (χ2v) is 5.68. The van der Waals surface area contributed by atoms with E-state index in [1.165, 1.54) is 6.92 Å². The van der Waals surface area contributed by atoms with Crippen molar-refractivity contribution in [2.75, 3.05) is 6.54 Å². The molecular formula is C11H24NO6P. The van der Waals surface area contributed by atoms with Crippen LogP contribution in [0.5, 0.6) is 0 Å². The summed E-state index contributed by atoms with van der Waals surface area (Å²) in [7, 11) is -4.67. The topological polar surface area (TPSA) is 116 Å². The Morgan fingerprint density at radius 1 is 1.26 bits per heavy atom. The Hall–Kier alpha value is -0.460. The van der Waals surface area contributed by atoms with E-state index in [-0.39, 0.29) is 0 Å². The van der Waals surface area contributed by atoms with Crippen molar-refractivity contribution in [1.29, 1.82) is 0 Å². The van der Waals surface area contributed by atoms with E-state index >= 15 is 0 Å². The summed E-state index contributed by atoms with van der Waals surface area (Å²) in [6, 6.07) is -1.13. The molecule has 8 heteroatoms. The lowest BCUT2D eigenvalue weighted by molar-refractivity contribution is -0.141. The van der Waals surface area contributed by atoms with Crippen LogP contribution in [0.1, 0.15) is 46.0 Å². The van der Waals surface area contributed by atoms with Gasteiger partial charge in [0.1, 0.15) is 6.04 Å². The van der Waals surface area contributed by atoms with Crippen LogP contribution in [0.2, 0.25) is 0 Å². The smallest absolute Gasteiger partial charge is 0.469 e. The van der Waals surface area contributed by atoms with Gasteiger partial charge in [0.15, 0.2) is 0 Å². The lowest BCUT2D eigenvalue weighted by Crippen LogP contribution is -2.46. The highest BCUT2D eigenvalue weighted by Gasteiger charge is 2.30. The molecule has 0 amide bonds. The zero-order valence-electron chi connectivity index (χ0n) is 11.4. The quantitative estimate of drug-likeness (QED) is 0.337. The summed E-state index contributed by atoms with van der Waals surface area (Å²) < 4.78 is 15.0. The van der Waals surface area contributed by atoms with Gasteiger partial charge in [-0.05, 0) is 19.9 Å². The van der Waals surface area contributed by atoms with Gasteiger partial charge in [0.25, 0.3) is 0 Å². The fraction of sp³-hybridized carbons (Fsp3) is 0.909. The molecule has 2 atom stereocenters. The number of carbonyl (C=O) groups is 1. The predicted octanol–water partition coefficient (Wildman–Crippen LogP) is 1.50. The van der Waals surface area contributed by atoms with Crippen molar-refractivity contribution in [1.82, 2.24) is 5.32 Å². The van der Waals surface area contributed by atoms with Crippen molar-refractivity contribution in [2.24, 2.45) is 0 Å². The van der Waals surface area contributed by atoms with Crippen LogP contribution >= 0.6 is 7.82 Å². The summed E-state index contributed by atoms with van der Waals surface area (Å²) >= 11 is 0. The van der Waals surface area contributed by atoms with Crippen LogP contribution in [0.25, 0.3) is 0 Å². The maximum atomic E-state index is 11.0. The number of hydrogen-bond donors (Lipinski definition) is 4. The first-order valence-electron chi connectivity index (χ1n) is 6.48. The Bertz CT molecular complexity index is 306. The third-order valence-corrected chi connectivity index (χ3v) is 3.29. The fourth-order valence-corrected chi connectivity index (χ4v) is 2.27. The molecule has 4 N–H and O–H groups in total. The molecule has 0 heterocycles. The van der Waals surface area contributed by atoms with E-state index in [0.29, 0.717) is 6.54 Å². The number of phosphoric acid groups is 1. The van der Waals surface area contributed by atoms with Crippen LogP contribution in [0.4, 0.5) is 0 Å². The molecule has 0 unspecified atom stereocenters. The Kier molecular flexibility index (Phi) is 9.22. The van der Waals surface area contributed by atoms with Crippen molar-refractivity contribution in [3.8, 4) is 0 Å². The summed E-state index contributed by atoms with van der Waals surface area (Å²) in [6.07, 6.45) is 4.12. The molecule has 0 aromatic rings. The van der Waals surface area contributed by atoms with Crippen molar-refractivity contribution < 1.29 is 28.8 Å². The Labute approximate surface area is 113 Å². The lowest BCUT2D eigenvalue weighted by Gasteiger charge is -2.21. The van der Waals surface area contributed by atoms with Crippen LogP contribution in [-0.4, -0.2) is 39.6 Å². The number of unbranched alkanes of at least 4 members (excludes halogenated alkanes) is 4. The minimum atomic E-state index is -4.67. The number of nitrogens with one attached hydrogen (secondary N) is 1. The van der Waals surface area contributed by atoms with E-state index in [1.807, 2.05) is 0 Å². The molecule has 0 bridgehead atoms. The molecule has 7 nitrogen and oxygen atoms in total. The van der Waals surface area contributed by atoms with Crippen molar-refractivity contribution in [2.45, 2.75) is 58.1 Å². The molecule has 114 valence electrons. The normalized spacial score (nSPS) is 15.2. The molecule has 0 rings (SSSR count). The van der Waals surface area contributed by atoms with Crippen LogP contribution < -0.4 is 5.32 Å². The number of aliphatic carboxylic acids is 1. The highest BCUT2D eigenvalue weighted by Crippen LogP contribution is 2.38. The van der Waals surface area contributed by atoms with Gasteiger partial charge in [-0.1, -0.05) is 32.6 Å². The van der Waals surface area contributed by atoms with E-state index in [9.17, 15) is 9.36 Å². The molecule has 0 spiro atoms. The van der Waals surface area contributed by atoms with Crippen molar-refractivity contribution in [3.05, 3.63) is 0 Å². The molecule has 0 saturated heterocycles. The number of carboxylic acid groups (broad SMARTS) is 1. The standard InChI is InChI=1S/C11H24NO6P/c1-3-4-5-6-7-8-12-10(11(13)14)9(2)18-19(15,16)17/h9-10,12H,3-8H2,1-2H3,(H,13,14)(H2,15,16,17)/t9-,10+/m1/s1. The summed E-state index contributed by atoms with van der Waals surface area (Å²) in [5.74, 6) is -1.19. The first kappa shape index (κ1) is 18.5. The third-order valence-electron chi connectivity index (χ3n) is 2.68. The van der Waals surface area contributed by atoms with Gasteiger partial charge in [0, 0.05) is 0 Å². The number of hydrogen-bond acceptors (Lipinski definition) is 4. The minimum absolute atomic E-state index is 0.482. The van der Waals surface area contributed by atoms with Gasteiger partial charge in [-0.25, -0.2) is 4.57 Å².